The van der Waals surface area contributed by atoms with Crippen LogP contribution < -0.4 is 11.1 Å². The lowest BCUT2D eigenvalue weighted by atomic mass is 10.1. The second-order valence-electron chi connectivity index (χ2n) is 3.97. The highest BCUT2D eigenvalue weighted by molar-refractivity contribution is 5.63. The van der Waals surface area contributed by atoms with E-state index in [4.69, 9.17) is 5.73 Å². The van der Waals surface area contributed by atoms with E-state index in [2.05, 4.69) is 15.3 Å². The minimum Gasteiger partial charge on any atom is -0.488 e. The summed E-state index contributed by atoms with van der Waals surface area (Å²) in [7, 11) is 0. The van der Waals surface area contributed by atoms with Crippen LogP contribution in [-0.2, 0) is 0 Å². The molecule has 4 N–H and O–H groups in total. The number of nitro groups is 1. The zero-order valence-electron chi connectivity index (χ0n) is 9.67. The van der Waals surface area contributed by atoms with Gasteiger partial charge in [-0.1, -0.05) is 13.8 Å². The van der Waals surface area contributed by atoms with Gasteiger partial charge in [-0.3, -0.25) is 10.1 Å². The third-order valence-corrected chi connectivity index (χ3v) is 2.08. The molecule has 0 fully saturated rings. The number of hydrogen-bond donors (Lipinski definition) is 3. The van der Waals surface area contributed by atoms with Crippen molar-refractivity contribution in [3.05, 3.63) is 10.1 Å². The van der Waals surface area contributed by atoms with Gasteiger partial charge in [0, 0.05) is 6.54 Å². The summed E-state index contributed by atoms with van der Waals surface area (Å²) in [6.07, 6.45) is 0.821. The number of anilines is 2. The van der Waals surface area contributed by atoms with Crippen molar-refractivity contribution in [3.63, 3.8) is 0 Å². The van der Waals surface area contributed by atoms with E-state index in [1.165, 1.54) is 0 Å². The van der Waals surface area contributed by atoms with Crippen LogP contribution in [0.1, 0.15) is 20.3 Å². The number of nitrogens with zero attached hydrogens (tertiary/aromatic N) is 3. The first kappa shape index (κ1) is 12.9. The molecule has 1 heterocycles. The molecule has 1 rings (SSSR count). The quantitative estimate of drug-likeness (QED) is 0.520. The standard InChI is InChI=1S/C9H15N5O3/c1-5(2)3-4-11-7-6(14(16)17)8(15)13-9(10)12-7/h5H,3-4H2,1-2H3,(H4,10,11,12,13,15). The van der Waals surface area contributed by atoms with Crippen LogP contribution in [0.4, 0.5) is 17.5 Å². The molecule has 94 valence electrons. The van der Waals surface area contributed by atoms with Crippen molar-refractivity contribution in [2.45, 2.75) is 20.3 Å². The van der Waals surface area contributed by atoms with Gasteiger partial charge in [0.1, 0.15) is 0 Å². The van der Waals surface area contributed by atoms with Crippen LogP contribution in [0, 0.1) is 16.0 Å². The number of nitrogens with one attached hydrogen (secondary N) is 1. The van der Waals surface area contributed by atoms with Crippen LogP contribution in [0.3, 0.4) is 0 Å². The Morgan fingerprint density at radius 2 is 2.18 bits per heavy atom. The second-order valence-corrected chi connectivity index (χ2v) is 3.97. The molecule has 0 radical (unpaired) electrons. The van der Waals surface area contributed by atoms with Crippen molar-refractivity contribution in [3.8, 4) is 5.88 Å². The molecule has 1 aromatic heterocycles. The van der Waals surface area contributed by atoms with Crippen LogP contribution in [0.2, 0.25) is 0 Å². The first-order valence-electron chi connectivity index (χ1n) is 5.16. The van der Waals surface area contributed by atoms with Crippen molar-refractivity contribution in [1.82, 2.24) is 9.97 Å². The summed E-state index contributed by atoms with van der Waals surface area (Å²) < 4.78 is 0. The molecule has 0 spiro atoms. The number of aromatic hydroxyl groups is 1. The van der Waals surface area contributed by atoms with Gasteiger partial charge in [0.05, 0.1) is 4.92 Å². The molecule has 0 saturated carbocycles. The largest absolute Gasteiger partial charge is 0.488 e. The Balaban J connectivity index is 2.92. The third kappa shape index (κ3) is 3.44. The van der Waals surface area contributed by atoms with E-state index < -0.39 is 16.5 Å². The molecular weight excluding hydrogens is 226 g/mol. The van der Waals surface area contributed by atoms with E-state index in [-0.39, 0.29) is 11.8 Å². The normalized spacial score (nSPS) is 10.5. The van der Waals surface area contributed by atoms with Gasteiger partial charge in [-0.05, 0) is 12.3 Å². The summed E-state index contributed by atoms with van der Waals surface area (Å²) >= 11 is 0. The number of rotatable bonds is 5. The summed E-state index contributed by atoms with van der Waals surface area (Å²) in [5.41, 5.74) is 4.76. The van der Waals surface area contributed by atoms with Crippen LogP contribution in [0.15, 0.2) is 0 Å². The first-order valence-corrected chi connectivity index (χ1v) is 5.16. The molecule has 0 aromatic carbocycles. The average molecular weight is 241 g/mol. The first-order chi connectivity index (χ1) is 7.91. The van der Waals surface area contributed by atoms with Crippen molar-refractivity contribution in [2.75, 3.05) is 17.6 Å². The van der Waals surface area contributed by atoms with Crippen LogP contribution in [0.5, 0.6) is 5.88 Å². The Kier molecular flexibility index (Phi) is 4.02. The maximum absolute atomic E-state index is 10.7. The van der Waals surface area contributed by atoms with Gasteiger partial charge in [0.25, 0.3) is 5.88 Å². The summed E-state index contributed by atoms with van der Waals surface area (Å²) in [6.45, 7) is 4.57. The number of nitrogen functional groups attached to an aromatic ring is 1. The van der Waals surface area contributed by atoms with Gasteiger partial charge in [-0.25, -0.2) is 0 Å². The number of hydrogen-bond acceptors (Lipinski definition) is 7. The monoisotopic (exact) mass is 241 g/mol. The molecular formula is C9H15N5O3. The minimum atomic E-state index is -0.744. The predicted molar refractivity (Wildman–Crippen MR) is 62.7 cm³/mol. The van der Waals surface area contributed by atoms with Gasteiger partial charge < -0.3 is 16.2 Å². The van der Waals surface area contributed by atoms with Crippen LogP contribution >= 0.6 is 0 Å². The fourth-order valence-corrected chi connectivity index (χ4v) is 1.23. The van der Waals surface area contributed by atoms with Crippen molar-refractivity contribution in [1.29, 1.82) is 0 Å². The molecule has 0 aliphatic carbocycles. The Labute approximate surface area is 98.0 Å². The summed E-state index contributed by atoms with van der Waals surface area (Å²) in [5, 5.41) is 22.8. The van der Waals surface area contributed by atoms with E-state index in [9.17, 15) is 15.2 Å². The highest BCUT2D eigenvalue weighted by Crippen LogP contribution is 2.31. The fourth-order valence-electron chi connectivity index (χ4n) is 1.23. The smallest absolute Gasteiger partial charge is 0.372 e. The maximum atomic E-state index is 10.7. The van der Waals surface area contributed by atoms with Crippen molar-refractivity contribution >= 4 is 17.5 Å². The summed E-state index contributed by atoms with van der Waals surface area (Å²) in [5.74, 6) is -0.537. The van der Waals surface area contributed by atoms with Crippen LogP contribution in [0.25, 0.3) is 0 Å². The summed E-state index contributed by atoms with van der Waals surface area (Å²) in [4.78, 5) is 17.0. The molecule has 8 nitrogen and oxygen atoms in total. The summed E-state index contributed by atoms with van der Waals surface area (Å²) in [6, 6.07) is 0. The number of aromatic nitrogens is 2. The molecule has 17 heavy (non-hydrogen) atoms. The SMILES string of the molecule is CC(C)CCNc1nc(N)nc(O)c1[N+](=O)[O-]. The van der Waals surface area contributed by atoms with E-state index in [0.29, 0.717) is 12.5 Å². The molecule has 0 saturated heterocycles. The lowest BCUT2D eigenvalue weighted by Crippen LogP contribution is -2.10. The molecule has 1 aromatic rings. The Bertz CT molecular complexity index is 421. The minimum absolute atomic E-state index is 0.0550. The second kappa shape index (κ2) is 5.28. The average Bonchev–Trinajstić information content (AvgIpc) is 2.14. The predicted octanol–water partition coefficient (Wildman–Crippen LogP) is 1.13. The molecule has 0 bridgehead atoms. The highest BCUT2D eigenvalue weighted by atomic mass is 16.6. The fraction of sp³-hybridized carbons (Fsp3) is 0.556. The highest BCUT2D eigenvalue weighted by Gasteiger charge is 2.23. The molecule has 0 amide bonds. The Morgan fingerprint density at radius 1 is 1.53 bits per heavy atom. The van der Waals surface area contributed by atoms with E-state index in [0.717, 1.165) is 6.42 Å². The molecule has 8 heteroatoms. The lowest BCUT2D eigenvalue weighted by Gasteiger charge is -2.08. The molecule has 0 aliphatic rings. The van der Waals surface area contributed by atoms with Gasteiger partial charge >= 0.3 is 5.69 Å². The zero-order chi connectivity index (χ0) is 13.0. The maximum Gasteiger partial charge on any atom is 0.372 e. The van der Waals surface area contributed by atoms with Gasteiger partial charge in [-0.2, -0.15) is 9.97 Å². The Morgan fingerprint density at radius 3 is 2.71 bits per heavy atom. The van der Waals surface area contributed by atoms with Gasteiger partial charge in [0.15, 0.2) is 0 Å². The molecule has 0 aliphatic heterocycles. The van der Waals surface area contributed by atoms with Crippen molar-refractivity contribution < 1.29 is 10.0 Å². The van der Waals surface area contributed by atoms with Gasteiger partial charge in [-0.15, -0.1) is 0 Å². The Hall–Kier alpha value is -2.12. The van der Waals surface area contributed by atoms with Crippen LogP contribution in [-0.4, -0.2) is 26.5 Å². The number of nitrogens with two attached hydrogens (primary N) is 1. The van der Waals surface area contributed by atoms with Gasteiger partial charge in [0.2, 0.25) is 11.8 Å². The van der Waals surface area contributed by atoms with E-state index in [1.807, 2.05) is 13.8 Å². The third-order valence-electron chi connectivity index (χ3n) is 2.08. The van der Waals surface area contributed by atoms with Crippen molar-refractivity contribution in [2.24, 2.45) is 5.92 Å². The van der Waals surface area contributed by atoms with E-state index >= 15 is 0 Å². The zero-order valence-corrected chi connectivity index (χ0v) is 9.67. The van der Waals surface area contributed by atoms with E-state index in [1.54, 1.807) is 0 Å². The lowest BCUT2D eigenvalue weighted by molar-refractivity contribution is -0.385. The molecule has 0 unspecified atom stereocenters. The molecule has 0 atom stereocenters. The topological polar surface area (TPSA) is 127 Å².